The fourth-order valence-electron chi connectivity index (χ4n) is 9.28. The van der Waals surface area contributed by atoms with Gasteiger partial charge in [0.25, 0.3) is 11.8 Å². The van der Waals surface area contributed by atoms with E-state index in [1.54, 1.807) is 23.1 Å². The molecule has 0 radical (unpaired) electrons. The molecule has 5 N–H and O–H groups in total. The number of ether oxygens (including phenoxy) is 11. The predicted molar refractivity (Wildman–Crippen MR) is 306 cm³/mol. The monoisotopic (exact) mass is 1270 g/mol. The summed E-state index contributed by atoms with van der Waals surface area (Å²) in [5, 5.41) is 22.9. The second-order valence-corrected chi connectivity index (χ2v) is 21.3. The number of amides is 2. The number of nitrogens with zero attached hydrogens (tertiary/aromatic N) is 4. The van der Waals surface area contributed by atoms with Crippen LogP contribution in [0.3, 0.4) is 0 Å². The van der Waals surface area contributed by atoms with E-state index in [9.17, 15) is 50.6 Å². The van der Waals surface area contributed by atoms with Crippen molar-refractivity contribution in [2.45, 2.75) is 68.8 Å². The highest BCUT2D eigenvalue weighted by Gasteiger charge is 2.55. The van der Waals surface area contributed by atoms with Gasteiger partial charge in [0.15, 0.2) is 16.5 Å². The molecule has 0 aliphatic carbocycles. The zero-order valence-corrected chi connectivity index (χ0v) is 50.1. The fourth-order valence-corrected chi connectivity index (χ4v) is 9.92. The number of hydrogen-bond acceptors (Lipinski definition) is 22. The average Bonchev–Trinajstić information content (AvgIpc) is 1.84. The van der Waals surface area contributed by atoms with Crippen molar-refractivity contribution in [1.82, 2.24) is 14.9 Å². The van der Waals surface area contributed by atoms with E-state index in [1.807, 2.05) is 49.1 Å². The van der Waals surface area contributed by atoms with Crippen LogP contribution < -0.4 is 10.5 Å². The van der Waals surface area contributed by atoms with Crippen LogP contribution in [-0.2, 0) is 71.9 Å². The van der Waals surface area contributed by atoms with Crippen LogP contribution in [0, 0.1) is 23.3 Å². The lowest BCUT2D eigenvalue weighted by Gasteiger charge is -2.24. The fraction of sp³-hybridized carbons (Fsp3) is 0.586. The van der Waals surface area contributed by atoms with E-state index in [-0.39, 0.29) is 69.9 Å². The third-order valence-electron chi connectivity index (χ3n) is 13.5. The molecule has 3 aromatic carbocycles. The molecular weight excluding hydrogens is 1190 g/mol. The van der Waals surface area contributed by atoms with E-state index in [2.05, 4.69) is 9.73 Å². The van der Waals surface area contributed by atoms with Gasteiger partial charge in [0.05, 0.1) is 169 Å². The Balaban J connectivity index is 0.692. The van der Waals surface area contributed by atoms with Gasteiger partial charge in [-0.15, -0.1) is 0 Å². The standard InChI is InChI=1S/C58H79F4N5O20S/c1-3-12-67(86-4-2)57(71)43-34-42-10-9-41(35-45(42)64-47(63)36-43)39-5-7-40(8-6-39)56(70)66-38-44(68)37-46(66)53-58(72)65(53)13-15-77-17-19-79-21-23-81-25-27-83-29-31-85-33-32-84-30-28-82-26-24-80-22-20-78-18-16-76-14-11-48(69)87-54-49(59)51(61)55(88(73,74)75)52(62)50(54)60/h5-10,34-35,44,46,53,58,68,72H,3-4,11-33,36-38H2,1-2H3,(H2,63,64)(H,73,74,75)/t44-,46?,53?,58?,65?/m1/s1. The quantitative estimate of drug-likeness (QED) is 0.00914. The number of hydrogen-bond donors (Lipinski definition) is 4. The number of aliphatic imine (C=N–C) groups is 1. The van der Waals surface area contributed by atoms with Crippen LogP contribution in [0.25, 0.3) is 17.2 Å². The molecule has 3 aliphatic rings. The topological polar surface area (TPSA) is 305 Å². The van der Waals surface area contributed by atoms with Gasteiger partial charge in [0.1, 0.15) is 12.1 Å². The molecule has 0 saturated carbocycles. The van der Waals surface area contributed by atoms with Gasteiger partial charge in [-0.2, -0.15) is 17.2 Å². The highest BCUT2D eigenvalue weighted by atomic mass is 32.2. The number of halogens is 4. The van der Waals surface area contributed by atoms with Gasteiger partial charge in [-0.3, -0.25) is 28.7 Å². The molecule has 3 aliphatic heterocycles. The zero-order chi connectivity index (χ0) is 63.4. The van der Waals surface area contributed by atoms with Crippen LogP contribution >= 0.6 is 0 Å². The van der Waals surface area contributed by atoms with Crippen LogP contribution in [0.15, 0.2) is 57.9 Å². The Morgan fingerprint density at radius 3 is 1.62 bits per heavy atom. The molecule has 3 aromatic rings. The lowest BCUT2D eigenvalue weighted by Crippen LogP contribution is -2.40. The van der Waals surface area contributed by atoms with E-state index in [0.29, 0.717) is 148 Å². The van der Waals surface area contributed by atoms with Gasteiger partial charge in [-0.1, -0.05) is 31.2 Å². The van der Waals surface area contributed by atoms with E-state index in [4.69, 9.17) is 62.5 Å². The first-order chi connectivity index (χ1) is 42.4. The Morgan fingerprint density at radius 1 is 0.670 bits per heavy atom. The minimum atomic E-state index is -5.66. The van der Waals surface area contributed by atoms with Crippen LogP contribution in [0.2, 0.25) is 0 Å². The summed E-state index contributed by atoms with van der Waals surface area (Å²) >= 11 is 0. The molecule has 2 amide bonds. The van der Waals surface area contributed by atoms with Crippen molar-refractivity contribution in [2.24, 2.45) is 10.7 Å². The van der Waals surface area contributed by atoms with Crippen molar-refractivity contribution in [1.29, 1.82) is 0 Å². The number of β-amino-alcohol motifs (C(OH)–C–C–N with tert-alkyl or cyclic N) is 1. The Morgan fingerprint density at radius 2 is 1.15 bits per heavy atom. The smallest absolute Gasteiger partial charge is 0.313 e. The number of benzene rings is 3. The largest absolute Gasteiger partial charge is 0.420 e. The van der Waals surface area contributed by atoms with Crippen LogP contribution in [-0.4, -0.2) is 244 Å². The number of aliphatic hydroxyl groups excluding tert-OH is 2. The predicted octanol–water partition coefficient (Wildman–Crippen LogP) is 3.86. The first-order valence-electron chi connectivity index (χ1n) is 28.9. The minimum Gasteiger partial charge on any atom is -0.420 e. The number of aliphatic hydroxyl groups is 2. The maximum Gasteiger partial charge on any atom is 0.313 e. The molecule has 490 valence electrons. The van der Waals surface area contributed by atoms with Gasteiger partial charge in [0.2, 0.25) is 17.4 Å². The molecule has 0 aromatic heterocycles. The van der Waals surface area contributed by atoms with E-state index in [1.165, 1.54) is 5.06 Å². The summed E-state index contributed by atoms with van der Waals surface area (Å²) < 4.78 is 146. The van der Waals surface area contributed by atoms with Crippen molar-refractivity contribution in [3.8, 4) is 16.9 Å². The highest BCUT2D eigenvalue weighted by Crippen LogP contribution is 2.38. The lowest BCUT2D eigenvalue weighted by molar-refractivity contribution is -0.180. The summed E-state index contributed by atoms with van der Waals surface area (Å²) in [5.74, 6) is -12.9. The van der Waals surface area contributed by atoms with Crippen LogP contribution in [0.1, 0.15) is 55.5 Å². The van der Waals surface area contributed by atoms with E-state index < -0.39 is 68.8 Å². The van der Waals surface area contributed by atoms with Crippen molar-refractivity contribution >= 4 is 45.5 Å². The van der Waals surface area contributed by atoms with Gasteiger partial charge in [0, 0.05) is 42.8 Å². The maximum atomic E-state index is 14.0. The number of fused-ring (bicyclic) bond motifs is 1. The number of carbonyl (C=O) groups is 3. The summed E-state index contributed by atoms with van der Waals surface area (Å²) in [4.78, 5) is 50.5. The zero-order valence-electron chi connectivity index (χ0n) is 49.3. The van der Waals surface area contributed by atoms with Crippen molar-refractivity contribution in [3.63, 3.8) is 0 Å². The average molecular weight is 1270 g/mol. The SMILES string of the molecule is CCCN(OCC)C(=O)C1=Cc2ccc(-c3ccc(C(=O)N4C[C@H](O)CC4C4C(O)N4CCOCCOCCOCCOCCOCCOCCOCCOCCOCCOCCC(=O)Oc4c(F)c(F)c(S(=O)(=O)O)c(F)c4F)cc3)cc2N=C(N)C1. The number of rotatable bonds is 43. The summed E-state index contributed by atoms with van der Waals surface area (Å²) in [6.45, 7) is 11.0. The molecular formula is C58H79F4N5O20S. The van der Waals surface area contributed by atoms with Crippen molar-refractivity contribution in [3.05, 3.63) is 82.4 Å². The molecule has 0 spiro atoms. The second-order valence-electron chi connectivity index (χ2n) is 19.9. The molecule has 30 heteroatoms. The second kappa shape index (κ2) is 37.5. The Labute approximate surface area is 508 Å². The Hall–Kier alpha value is -5.65. The molecule has 4 unspecified atom stereocenters. The number of amidine groups is 1. The summed E-state index contributed by atoms with van der Waals surface area (Å²) in [7, 11) is -5.66. The third kappa shape index (κ3) is 22.4. The summed E-state index contributed by atoms with van der Waals surface area (Å²) in [5.41, 5.74) is 10.3. The minimum absolute atomic E-state index is 0.0123. The number of nitrogens with two attached hydrogens (primary N) is 1. The van der Waals surface area contributed by atoms with E-state index >= 15 is 0 Å². The van der Waals surface area contributed by atoms with Gasteiger partial charge < -0.3 is 73.0 Å². The number of hydroxylamine groups is 2. The van der Waals surface area contributed by atoms with Crippen LogP contribution in [0.5, 0.6) is 5.75 Å². The lowest BCUT2D eigenvalue weighted by atomic mass is 9.99. The molecule has 0 bridgehead atoms. The first-order valence-corrected chi connectivity index (χ1v) is 30.4. The van der Waals surface area contributed by atoms with Crippen molar-refractivity contribution in [2.75, 3.05) is 158 Å². The summed E-state index contributed by atoms with van der Waals surface area (Å²) in [6.07, 6.45) is 1.01. The van der Waals surface area contributed by atoms with Gasteiger partial charge >= 0.3 is 16.1 Å². The molecule has 2 saturated heterocycles. The molecule has 88 heavy (non-hydrogen) atoms. The molecule has 25 nitrogen and oxygen atoms in total. The van der Waals surface area contributed by atoms with Crippen LogP contribution in [0.4, 0.5) is 23.2 Å². The molecule has 6 rings (SSSR count). The number of carbonyl (C=O) groups excluding carboxylic acids is 3. The maximum absolute atomic E-state index is 14.0. The normalized spacial score (nSPS) is 18.2. The number of esters is 1. The molecule has 5 atom stereocenters. The van der Waals surface area contributed by atoms with Crippen molar-refractivity contribution < 1.29 is 112 Å². The molecule has 3 heterocycles. The van der Waals surface area contributed by atoms with Gasteiger partial charge in [-0.05, 0) is 55.2 Å². The number of likely N-dealkylation sites (tertiary alicyclic amines) is 1. The highest BCUT2D eigenvalue weighted by molar-refractivity contribution is 7.85. The third-order valence-corrected chi connectivity index (χ3v) is 14.4. The van der Waals surface area contributed by atoms with E-state index in [0.717, 1.165) is 23.1 Å². The van der Waals surface area contributed by atoms with Gasteiger partial charge in [-0.25, -0.2) is 18.8 Å². The summed E-state index contributed by atoms with van der Waals surface area (Å²) in [6, 6.07) is 12.2. The Kier molecular flexibility index (Phi) is 30.4. The first kappa shape index (κ1) is 71.4. The Bertz CT molecular complexity index is 2840. The molecule has 2 fully saturated rings.